The summed E-state index contributed by atoms with van der Waals surface area (Å²) in [5.41, 5.74) is 2.47. The molecule has 1 saturated carbocycles. The Morgan fingerprint density at radius 1 is 1.06 bits per heavy atom. The van der Waals surface area contributed by atoms with Crippen LogP contribution >= 0.6 is 0 Å². The number of carbonyl (C=O) groups excluding carboxylic acids is 2. The Morgan fingerprint density at radius 3 is 2.38 bits per heavy atom. The van der Waals surface area contributed by atoms with Crippen molar-refractivity contribution in [1.29, 1.82) is 0 Å². The van der Waals surface area contributed by atoms with Gasteiger partial charge in [0.1, 0.15) is 11.9 Å². The Morgan fingerprint density at radius 2 is 1.74 bits per heavy atom. The standard InChI is InChI=1S/C25H42N6O3/c1-6-34-23(32)21(15-16(2)3)29-25(33)27-18-13-11-17(12-14-18)26-24-28-20-10-8-7-9-19(20)22(30-24)31(4)5/h16-18,21H,6-15H2,1-5H3,(H,26,28,30)(H2,27,29,33)/t17-,18+,21-/m0/s1. The van der Waals surface area contributed by atoms with Crippen molar-refractivity contribution in [3.05, 3.63) is 11.3 Å². The minimum absolute atomic E-state index is 0.0849. The Bertz CT molecular complexity index is 836. The molecule has 2 aliphatic carbocycles. The minimum Gasteiger partial charge on any atom is -0.464 e. The molecule has 1 aromatic heterocycles. The second kappa shape index (κ2) is 12.2. The lowest BCUT2D eigenvalue weighted by molar-refractivity contribution is -0.145. The highest BCUT2D eigenvalue weighted by Gasteiger charge is 2.27. The van der Waals surface area contributed by atoms with Crippen molar-refractivity contribution in [2.75, 3.05) is 30.9 Å². The van der Waals surface area contributed by atoms with Crippen LogP contribution in [0.5, 0.6) is 0 Å². The summed E-state index contributed by atoms with van der Waals surface area (Å²) in [6.45, 7) is 6.12. The van der Waals surface area contributed by atoms with Gasteiger partial charge in [-0.15, -0.1) is 0 Å². The number of carbonyl (C=O) groups is 2. The van der Waals surface area contributed by atoms with E-state index in [-0.39, 0.29) is 30.0 Å². The van der Waals surface area contributed by atoms with Crippen LogP contribution in [-0.2, 0) is 22.4 Å². The van der Waals surface area contributed by atoms with E-state index in [2.05, 4.69) is 20.9 Å². The molecule has 0 bridgehead atoms. The van der Waals surface area contributed by atoms with E-state index in [9.17, 15) is 9.59 Å². The monoisotopic (exact) mass is 474 g/mol. The Balaban J connectivity index is 1.51. The van der Waals surface area contributed by atoms with Crippen LogP contribution in [0.25, 0.3) is 0 Å². The zero-order valence-electron chi connectivity index (χ0n) is 21.4. The first kappa shape index (κ1) is 26.0. The van der Waals surface area contributed by atoms with E-state index in [4.69, 9.17) is 14.7 Å². The van der Waals surface area contributed by atoms with Gasteiger partial charge in [0.05, 0.1) is 12.3 Å². The van der Waals surface area contributed by atoms with Gasteiger partial charge in [0.25, 0.3) is 0 Å². The van der Waals surface area contributed by atoms with Gasteiger partial charge in [-0.2, -0.15) is 4.98 Å². The van der Waals surface area contributed by atoms with Crippen LogP contribution in [0, 0.1) is 5.92 Å². The van der Waals surface area contributed by atoms with Gasteiger partial charge in [0.2, 0.25) is 5.95 Å². The van der Waals surface area contributed by atoms with Gasteiger partial charge in [0.15, 0.2) is 0 Å². The number of hydrogen-bond acceptors (Lipinski definition) is 7. The molecule has 9 nitrogen and oxygen atoms in total. The van der Waals surface area contributed by atoms with E-state index < -0.39 is 6.04 Å². The predicted octanol–water partition coefficient (Wildman–Crippen LogP) is 3.42. The molecule has 0 radical (unpaired) electrons. The molecular formula is C25H42N6O3. The lowest BCUT2D eigenvalue weighted by atomic mass is 9.91. The van der Waals surface area contributed by atoms with Crippen LogP contribution in [-0.4, -0.2) is 60.8 Å². The van der Waals surface area contributed by atoms with E-state index >= 15 is 0 Å². The van der Waals surface area contributed by atoms with Gasteiger partial charge in [-0.3, -0.25) is 0 Å². The highest BCUT2D eigenvalue weighted by Crippen LogP contribution is 2.29. The summed E-state index contributed by atoms with van der Waals surface area (Å²) >= 11 is 0. The topological polar surface area (TPSA) is 108 Å². The van der Waals surface area contributed by atoms with Gasteiger partial charge >= 0.3 is 12.0 Å². The second-order valence-electron chi connectivity index (χ2n) is 10.1. The average molecular weight is 475 g/mol. The quantitative estimate of drug-likeness (QED) is 0.471. The maximum atomic E-state index is 12.6. The summed E-state index contributed by atoms with van der Waals surface area (Å²) in [4.78, 5) is 36.5. The molecule has 2 amide bonds. The highest BCUT2D eigenvalue weighted by molar-refractivity contribution is 5.83. The first-order valence-electron chi connectivity index (χ1n) is 12.8. The summed E-state index contributed by atoms with van der Waals surface area (Å²) in [5.74, 6) is 1.64. The number of hydrogen-bond donors (Lipinski definition) is 3. The van der Waals surface area contributed by atoms with E-state index in [0.717, 1.165) is 44.3 Å². The van der Waals surface area contributed by atoms with Crippen molar-refractivity contribution < 1.29 is 14.3 Å². The molecule has 1 heterocycles. The Kier molecular flexibility index (Phi) is 9.36. The zero-order valence-corrected chi connectivity index (χ0v) is 21.4. The molecule has 1 atom stereocenters. The number of rotatable bonds is 9. The number of ether oxygens (including phenoxy) is 1. The fourth-order valence-electron chi connectivity index (χ4n) is 4.89. The third-order valence-corrected chi connectivity index (χ3v) is 6.56. The normalized spacial score (nSPS) is 20.8. The maximum absolute atomic E-state index is 12.6. The van der Waals surface area contributed by atoms with Crippen molar-refractivity contribution in [3.63, 3.8) is 0 Å². The maximum Gasteiger partial charge on any atom is 0.328 e. The molecule has 0 saturated heterocycles. The van der Waals surface area contributed by atoms with Crippen molar-refractivity contribution in [1.82, 2.24) is 20.6 Å². The molecule has 2 aliphatic rings. The lowest BCUT2D eigenvalue weighted by Gasteiger charge is -2.31. The molecule has 0 spiro atoms. The largest absolute Gasteiger partial charge is 0.464 e. The van der Waals surface area contributed by atoms with Crippen LogP contribution in [0.15, 0.2) is 0 Å². The van der Waals surface area contributed by atoms with Crippen LogP contribution in [0.4, 0.5) is 16.6 Å². The molecule has 34 heavy (non-hydrogen) atoms. The third kappa shape index (κ3) is 7.21. The Hall–Kier alpha value is -2.58. The number of nitrogens with one attached hydrogen (secondary N) is 3. The number of nitrogens with zero attached hydrogens (tertiary/aromatic N) is 3. The molecule has 3 rings (SSSR count). The SMILES string of the molecule is CCOC(=O)[C@H](CC(C)C)NC(=O)N[C@H]1CC[C@@H](Nc2nc3c(c(N(C)C)n2)CCCC3)CC1. The zero-order chi connectivity index (χ0) is 24.7. The van der Waals surface area contributed by atoms with E-state index in [1.165, 1.54) is 24.1 Å². The summed E-state index contributed by atoms with van der Waals surface area (Å²) in [6.07, 6.45) is 8.59. The van der Waals surface area contributed by atoms with Gasteiger partial charge < -0.3 is 25.6 Å². The van der Waals surface area contributed by atoms with E-state index in [0.29, 0.717) is 19.0 Å². The summed E-state index contributed by atoms with van der Waals surface area (Å²) < 4.78 is 5.12. The third-order valence-electron chi connectivity index (χ3n) is 6.56. The van der Waals surface area contributed by atoms with Crippen LogP contribution in [0.3, 0.4) is 0 Å². The fourth-order valence-corrected chi connectivity index (χ4v) is 4.89. The first-order chi connectivity index (χ1) is 16.3. The van der Waals surface area contributed by atoms with Crippen molar-refractivity contribution in [2.45, 2.75) is 96.7 Å². The number of fused-ring (bicyclic) bond motifs is 1. The van der Waals surface area contributed by atoms with Crippen molar-refractivity contribution in [2.24, 2.45) is 5.92 Å². The van der Waals surface area contributed by atoms with Crippen LogP contribution in [0.2, 0.25) is 0 Å². The number of aryl methyl sites for hydroxylation is 1. The van der Waals surface area contributed by atoms with Gasteiger partial charge in [0, 0.05) is 31.7 Å². The summed E-state index contributed by atoms with van der Waals surface area (Å²) in [7, 11) is 4.08. The predicted molar refractivity (Wildman–Crippen MR) is 134 cm³/mol. The smallest absolute Gasteiger partial charge is 0.328 e. The fraction of sp³-hybridized carbons (Fsp3) is 0.760. The molecule has 1 fully saturated rings. The number of urea groups is 1. The van der Waals surface area contributed by atoms with E-state index in [1.54, 1.807) is 6.92 Å². The molecule has 9 heteroatoms. The lowest BCUT2D eigenvalue weighted by Crippen LogP contribution is -2.51. The summed E-state index contributed by atoms with van der Waals surface area (Å²) in [6, 6.07) is -0.554. The average Bonchev–Trinajstić information content (AvgIpc) is 2.79. The molecule has 0 unspecified atom stereocenters. The molecule has 3 N–H and O–H groups in total. The first-order valence-corrected chi connectivity index (χ1v) is 12.8. The molecule has 190 valence electrons. The number of esters is 1. The number of amides is 2. The molecule has 1 aromatic rings. The number of aromatic nitrogens is 2. The van der Waals surface area contributed by atoms with Crippen LogP contribution in [0.1, 0.15) is 77.0 Å². The second-order valence-corrected chi connectivity index (χ2v) is 10.1. The minimum atomic E-state index is -0.620. The molecular weight excluding hydrogens is 432 g/mol. The van der Waals surface area contributed by atoms with Crippen LogP contribution < -0.4 is 20.9 Å². The number of anilines is 2. The Labute approximate surface area is 203 Å². The van der Waals surface area contributed by atoms with E-state index in [1.807, 2.05) is 27.9 Å². The van der Waals surface area contributed by atoms with Crippen molar-refractivity contribution in [3.8, 4) is 0 Å². The highest BCUT2D eigenvalue weighted by atomic mass is 16.5. The van der Waals surface area contributed by atoms with Gasteiger partial charge in [-0.05, 0) is 70.6 Å². The van der Waals surface area contributed by atoms with Crippen molar-refractivity contribution >= 4 is 23.8 Å². The van der Waals surface area contributed by atoms with Gasteiger partial charge in [-0.1, -0.05) is 13.8 Å². The molecule has 0 aromatic carbocycles. The summed E-state index contributed by atoms with van der Waals surface area (Å²) in [5, 5.41) is 9.40. The molecule has 0 aliphatic heterocycles. The van der Waals surface area contributed by atoms with Gasteiger partial charge in [-0.25, -0.2) is 14.6 Å².